The third-order valence-electron chi connectivity index (χ3n) is 5.72. The van der Waals surface area contributed by atoms with Crippen LogP contribution in [0.5, 0.6) is 0 Å². The highest BCUT2D eigenvalue weighted by atomic mass is 16.5. The Morgan fingerprint density at radius 3 is 2.58 bits per heavy atom. The Morgan fingerprint density at radius 2 is 1.73 bits per heavy atom. The number of likely N-dealkylation sites (tertiary alicyclic amines) is 1. The summed E-state index contributed by atoms with van der Waals surface area (Å²) < 4.78 is 6.36. The molecule has 3 heteroatoms. The van der Waals surface area contributed by atoms with Crippen molar-refractivity contribution in [2.75, 3.05) is 13.1 Å². The summed E-state index contributed by atoms with van der Waals surface area (Å²) in [6.07, 6.45) is 2.92. The van der Waals surface area contributed by atoms with E-state index in [0.29, 0.717) is 0 Å². The largest absolute Gasteiger partial charge is 0.364 e. The van der Waals surface area contributed by atoms with Crippen LogP contribution in [0, 0.1) is 0 Å². The van der Waals surface area contributed by atoms with Crippen LogP contribution in [0.25, 0.3) is 0 Å². The molecular formula is C23H22N2O. The Hall–Kier alpha value is -2.49. The Balaban J connectivity index is 1.52. The molecule has 0 saturated carbocycles. The Kier molecular flexibility index (Phi) is 3.84. The maximum Gasteiger partial charge on any atom is 0.108 e. The summed E-state index contributed by atoms with van der Waals surface area (Å²) in [7, 11) is 0. The minimum Gasteiger partial charge on any atom is -0.364 e. The van der Waals surface area contributed by atoms with Gasteiger partial charge in [0.05, 0.1) is 18.3 Å². The molecule has 2 atom stereocenters. The van der Waals surface area contributed by atoms with Gasteiger partial charge in [-0.25, -0.2) is 0 Å². The molecule has 3 nitrogen and oxygen atoms in total. The molecule has 3 aromatic rings. The van der Waals surface area contributed by atoms with Crippen LogP contribution >= 0.6 is 0 Å². The van der Waals surface area contributed by atoms with Gasteiger partial charge in [-0.15, -0.1) is 0 Å². The van der Waals surface area contributed by atoms with Crippen molar-refractivity contribution in [2.24, 2.45) is 0 Å². The molecule has 0 N–H and O–H groups in total. The average Bonchev–Trinajstić information content (AvgIpc) is 3.29. The fraction of sp³-hybridized carbons (Fsp3) is 0.261. The molecule has 1 spiro atoms. The first-order valence-electron chi connectivity index (χ1n) is 9.28. The number of ether oxygens (including phenoxy) is 1. The van der Waals surface area contributed by atoms with Gasteiger partial charge in [-0.05, 0) is 35.2 Å². The standard InChI is InChI=1S/C23H22N2O/c1-2-8-18(9-3-1)22(21-12-6-7-14-24-21)25-15-13-23(17-25)20-11-5-4-10-19(20)16-26-23/h1-12,14,22H,13,15-17H2. The average molecular weight is 342 g/mol. The first-order chi connectivity index (χ1) is 12.9. The SMILES string of the molecule is c1ccc(C(c2ccccn2)N2CCC3(C2)OCc2ccccc23)cc1. The van der Waals surface area contributed by atoms with Crippen LogP contribution < -0.4 is 0 Å². The maximum atomic E-state index is 6.36. The van der Waals surface area contributed by atoms with E-state index in [4.69, 9.17) is 4.74 Å². The molecule has 0 amide bonds. The van der Waals surface area contributed by atoms with Crippen LogP contribution in [0.3, 0.4) is 0 Å². The lowest BCUT2D eigenvalue weighted by atomic mass is 9.91. The van der Waals surface area contributed by atoms with E-state index in [0.717, 1.165) is 31.8 Å². The summed E-state index contributed by atoms with van der Waals surface area (Å²) in [4.78, 5) is 7.20. The van der Waals surface area contributed by atoms with Crippen molar-refractivity contribution in [2.45, 2.75) is 24.7 Å². The number of hydrogen-bond acceptors (Lipinski definition) is 3. The molecule has 130 valence electrons. The van der Waals surface area contributed by atoms with Gasteiger partial charge in [0.15, 0.2) is 0 Å². The van der Waals surface area contributed by atoms with E-state index >= 15 is 0 Å². The zero-order chi connectivity index (χ0) is 17.4. The van der Waals surface area contributed by atoms with Gasteiger partial charge in [0.1, 0.15) is 5.60 Å². The third kappa shape index (κ3) is 2.56. The highest BCUT2D eigenvalue weighted by Gasteiger charge is 2.47. The normalized spacial score (nSPS) is 23.2. The number of hydrogen-bond donors (Lipinski definition) is 0. The lowest BCUT2D eigenvalue weighted by Crippen LogP contribution is -2.33. The lowest BCUT2D eigenvalue weighted by Gasteiger charge is -2.30. The lowest BCUT2D eigenvalue weighted by molar-refractivity contribution is -0.0312. The van der Waals surface area contributed by atoms with E-state index in [1.165, 1.54) is 16.7 Å². The van der Waals surface area contributed by atoms with E-state index < -0.39 is 0 Å². The molecule has 2 aliphatic heterocycles. The van der Waals surface area contributed by atoms with E-state index in [1.54, 1.807) is 0 Å². The van der Waals surface area contributed by atoms with Gasteiger partial charge in [0, 0.05) is 19.3 Å². The number of pyridine rings is 1. The molecule has 2 aliphatic rings. The monoisotopic (exact) mass is 342 g/mol. The number of fused-ring (bicyclic) bond motifs is 2. The summed E-state index contributed by atoms with van der Waals surface area (Å²) in [5.74, 6) is 0. The maximum absolute atomic E-state index is 6.36. The number of aromatic nitrogens is 1. The second kappa shape index (κ2) is 6.35. The van der Waals surface area contributed by atoms with Crippen LogP contribution in [0.4, 0.5) is 0 Å². The number of nitrogens with zero attached hydrogens (tertiary/aromatic N) is 2. The van der Waals surface area contributed by atoms with Gasteiger partial charge < -0.3 is 4.74 Å². The molecular weight excluding hydrogens is 320 g/mol. The molecule has 2 unspecified atom stereocenters. The zero-order valence-corrected chi connectivity index (χ0v) is 14.7. The highest BCUT2D eigenvalue weighted by Crippen LogP contribution is 2.46. The smallest absolute Gasteiger partial charge is 0.108 e. The van der Waals surface area contributed by atoms with Crippen molar-refractivity contribution in [3.8, 4) is 0 Å². The molecule has 26 heavy (non-hydrogen) atoms. The second-order valence-electron chi connectivity index (χ2n) is 7.23. The fourth-order valence-corrected chi connectivity index (χ4v) is 4.49. The van der Waals surface area contributed by atoms with Gasteiger partial charge in [0.25, 0.3) is 0 Å². The predicted molar refractivity (Wildman–Crippen MR) is 102 cm³/mol. The summed E-state index contributed by atoms with van der Waals surface area (Å²) in [6.45, 7) is 2.63. The first kappa shape index (κ1) is 15.7. The molecule has 0 aliphatic carbocycles. The predicted octanol–water partition coefficient (Wildman–Crippen LogP) is 4.30. The molecule has 0 radical (unpaired) electrons. The van der Waals surface area contributed by atoms with E-state index in [9.17, 15) is 0 Å². The number of benzene rings is 2. The van der Waals surface area contributed by atoms with Crippen LogP contribution in [0.2, 0.25) is 0 Å². The topological polar surface area (TPSA) is 25.4 Å². The second-order valence-corrected chi connectivity index (χ2v) is 7.23. The Labute approximate surface area is 154 Å². The van der Waals surface area contributed by atoms with Crippen molar-refractivity contribution >= 4 is 0 Å². The van der Waals surface area contributed by atoms with Crippen molar-refractivity contribution < 1.29 is 4.74 Å². The van der Waals surface area contributed by atoms with Crippen LogP contribution in [0.15, 0.2) is 79.0 Å². The van der Waals surface area contributed by atoms with Gasteiger partial charge in [-0.2, -0.15) is 0 Å². The molecule has 1 fully saturated rings. The zero-order valence-electron chi connectivity index (χ0n) is 14.7. The van der Waals surface area contributed by atoms with Gasteiger partial charge >= 0.3 is 0 Å². The molecule has 1 saturated heterocycles. The van der Waals surface area contributed by atoms with Crippen LogP contribution in [-0.4, -0.2) is 23.0 Å². The molecule has 0 bridgehead atoms. The van der Waals surface area contributed by atoms with Crippen molar-refractivity contribution in [3.05, 3.63) is 101 Å². The van der Waals surface area contributed by atoms with E-state index in [2.05, 4.69) is 76.6 Å². The minimum atomic E-state index is -0.168. The van der Waals surface area contributed by atoms with Crippen molar-refractivity contribution in [1.82, 2.24) is 9.88 Å². The van der Waals surface area contributed by atoms with Crippen molar-refractivity contribution in [1.29, 1.82) is 0 Å². The third-order valence-corrected chi connectivity index (χ3v) is 5.72. The van der Waals surface area contributed by atoms with Gasteiger partial charge in [-0.1, -0.05) is 60.7 Å². The van der Waals surface area contributed by atoms with Crippen LogP contribution in [0.1, 0.15) is 34.8 Å². The Bertz CT molecular complexity index is 857. The summed E-state index contributed by atoms with van der Waals surface area (Å²) in [5.41, 5.74) is 4.92. The summed E-state index contributed by atoms with van der Waals surface area (Å²) in [5, 5.41) is 0. The molecule has 3 heterocycles. The van der Waals surface area contributed by atoms with Gasteiger partial charge in [-0.3, -0.25) is 9.88 Å². The van der Waals surface area contributed by atoms with Gasteiger partial charge in [0.2, 0.25) is 0 Å². The van der Waals surface area contributed by atoms with Crippen LogP contribution in [-0.2, 0) is 16.9 Å². The van der Waals surface area contributed by atoms with E-state index in [1.807, 2.05) is 12.3 Å². The van der Waals surface area contributed by atoms with E-state index in [-0.39, 0.29) is 11.6 Å². The number of rotatable bonds is 3. The summed E-state index contributed by atoms with van der Waals surface area (Å²) >= 11 is 0. The first-order valence-corrected chi connectivity index (χ1v) is 9.28. The highest BCUT2D eigenvalue weighted by molar-refractivity contribution is 5.37. The summed E-state index contributed by atoms with van der Waals surface area (Å²) in [6, 6.07) is 25.7. The molecule has 2 aromatic carbocycles. The molecule has 1 aromatic heterocycles. The quantitative estimate of drug-likeness (QED) is 0.709. The molecule has 5 rings (SSSR count). The minimum absolute atomic E-state index is 0.160. The van der Waals surface area contributed by atoms with Crippen molar-refractivity contribution in [3.63, 3.8) is 0 Å². The fourth-order valence-electron chi connectivity index (χ4n) is 4.49. The Morgan fingerprint density at radius 1 is 0.923 bits per heavy atom.